The molecule has 4 nitrogen and oxygen atoms in total. The predicted octanol–water partition coefficient (Wildman–Crippen LogP) is 2.16. The first-order valence-corrected chi connectivity index (χ1v) is 7.48. The minimum absolute atomic E-state index is 0.114. The zero-order valence-electron chi connectivity index (χ0n) is 12.5. The van der Waals surface area contributed by atoms with E-state index in [4.69, 9.17) is 5.26 Å². The summed E-state index contributed by atoms with van der Waals surface area (Å²) in [6.45, 7) is 8.16. The molecule has 108 valence electrons. The molecule has 0 bridgehead atoms. The Labute approximate surface area is 117 Å². The number of carbonyl (C=O) groups is 1. The van der Waals surface area contributed by atoms with E-state index in [-0.39, 0.29) is 5.91 Å². The number of nitriles is 1. The Bertz CT molecular complexity index is 324. The smallest absolute Gasteiger partial charge is 0.236 e. The Hall–Kier alpha value is -1.08. The maximum absolute atomic E-state index is 12.1. The number of hydrogen-bond acceptors (Lipinski definition) is 3. The van der Waals surface area contributed by atoms with E-state index in [9.17, 15) is 4.79 Å². The maximum Gasteiger partial charge on any atom is 0.236 e. The summed E-state index contributed by atoms with van der Waals surface area (Å²) >= 11 is 0. The quantitative estimate of drug-likeness (QED) is 0.800. The second-order valence-electron chi connectivity index (χ2n) is 5.64. The Kier molecular flexibility index (Phi) is 6.86. The molecule has 0 spiro atoms. The van der Waals surface area contributed by atoms with Gasteiger partial charge >= 0.3 is 0 Å². The van der Waals surface area contributed by atoms with Gasteiger partial charge in [-0.1, -0.05) is 26.7 Å². The topological polar surface area (TPSA) is 56.1 Å². The molecule has 0 saturated heterocycles. The highest BCUT2D eigenvalue weighted by atomic mass is 16.2. The largest absolute Gasteiger partial charge is 0.341 e. The van der Waals surface area contributed by atoms with Crippen LogP contribution >= 0.6 is 0 Å². The second kappa shape index (κ2) is 8.16. The average Bonchev–Trinajstić information content (AvgIpc) is 2.41. The maximum atomic E-state index is 12.1. The van der Waals surface area contributed by atoms with Gasteiger partial charge in [-0.25, -0.2) is 0 Å². The number of hydrogen-bond donors (Lipinski definition) is 1. The van der Waals surface area contributed by atoms with Crippen LogP contribution in [0.25, 0.3) is 0 Å². The third-order valence-electron chi connectivity index (χ3n) is 4.45. The van der Waals surface area contributed by atoms with Crippen molar-refractivity contribution in [2.75, 3.05) is 19.6 Å². The van der Waals surface area contributed by atoms with E-state index in [1.165, 1.54) is 19.3 Å². The monoisotopic (exact) mass is 265 g/mol. The Morgan fingerprint density at radius 2 is 2.16 bits per heavy atom. The number of amides is 1. The molecule has 1 aliphatic carbocycles. The molecule has 3 atom stereocenters. The van der Waals surface area contributed by atoms with Gasteiger partial charge in [0.15, 0.2) is 0 Å². The summed E-state index contributed by atoms with van der Waals surface area (Å²) in [6, 6.07) is 2.55. The molecule has 0 aromatic rings. The van der Waals surface area contributed by atoms with Crippen molar-refractivity contribution in [1.82, 2.24) is 10.2 Å². The predicted molar refractivity (Wildman–Crippen MR) is 76.5 cm³/mol. The highest BCUT2D eigenvalue weighted by Gasteiger charge is 2.27. The van der Waals surface area contributed by atoms with Crippen molar-refractivity contribution in [2.24, 2.45) is 11.8 Å². The number of likely N-dealkylation sites (N-methyl/N-ethyl adjacent to an activating group) is 1. The number of nitrogens with zero attached hydrogens (tertiary/aromatic N) is 2. The van der Waals surface area contributed by atoms with Crippen LogP contribution in [-0.2, 0) is 4.79 Å². The Morgan fingerprint density at radius 3 is 2.79 bits per heavy atom. The molecule has 0 radical (unpaired) electrons. The SMILES string of the molecule is CCN(CCC#N)C(=O)CN[C@@H]1CCC[C@H](C)[C@H]1C. The third kappa shape index (κ3) is 4.83. The van der Waals surface area contributed by atoms with E-state index in [0.717, 1.165) is 5.92 Å². The lowest BCUT2D eigenvalue weighted by Crippen LogP contribution is -2.46. The molecule has 1 amide bonds. The van der Waals surface area contributed by atoms with Crippen molar-refractivity contribution in [3.63, 3.8) is 0 Å². The molecule has 0 unspecified atom stereocenters. The van der Waals surface area contributed by atoms with E-state index in [1.807, 2.05) is 6.92 Å². The number of nitrogens with one attached hydrogen (secondary N) is 1. The molecule has 1 N–H and O–H groups in total. The van der Waals surface area contributed by atoms with Crippen LogP contribution in [0, 0.1) is 23.2 Å². The van der Waals surface area contributed by atoms with E-state index < -0.39 is 0 Å². The van der Waals surface area contributed by atoms with Gasteiger partial charge in [-0.15, -0.1) is 0 Å². The van der Waals surface area contributed by atoms with Gasteiger partial charge in [0.25, 0.3) is 0 Å². The zero-order chi connectivity index (χ0) is 14.3. The van der Waals surface area contributed by atoms with Gasteiger partial charge in [-0.2, -0.15) is 5.26 Å². The number of rotatable bonds is 6. The van der Waals surface area contributed by atoms with Gasteiger partial charge in [0.05, 0.1) is 19.0 Å². The fourth-order valence-corrected chi connectivity index (χ4v) is 2.84. The molecule has 1 fully saturated rings. The minimum Gasteiger partial charge on any atom is -0.341 e. The highest BCUT2D eigenvalue weighted by Crippen LogP contribution is 2.29. The van der Waals surface area contributed by atoms with E-state index >= 15 is 0 Å². The molecular formula is C15H27N3O. The molecule has 1 aliphatic rings. The summed E-state index contributed by atoms with van der Waals surface area (Å²) in [4.78, 5) is 13.8. The molecule has 19 heavy (non-hydrogen) atoms. The van der Waals surface area contributed by atoms with Crippen LogP contribution in [0.2, 0.25) is 0 Å². The van der Waals surface area contributed by atoms with Gasteiger partial charge < -0.3 is 10.2 Å². The summed E-state index contributed by atoms with van der Waals surface area (Å²) in [7, 11) is 0. The van der Waals surface area contributed by atoms with E-state index in [0.29, 0.717) is 38.0 Å². The fourth-order valence-electron chi connectivity index (χ4n) is 2.84. The van der Waals surface area contributed by atoms with Crippen LogP contribution in [0.5, 0.6) is 0 Å². The lowest BCUT2D eigenvalue weighted by molar-refractivity contribution is -0.130. The average molecular weight is 265 g/mol. The molecule has 0 aromatic heterocycles. The first-order valence-electron chi connectivity index (χ1n) is 7.48. The van der Waals surface area contributed by atoms with Crippen molar-refractivity contribution in [1.29, 1.82) is 5.26 Å². The first-order chi connectivity index (χ1) is 9.10. The second-order valence-corrected chi connectivity index (χ2v) is 5.64. The van der Waals surface area contributed by atoms with Crippen molar-refractivity contribution < 1.29 is 4.79 Å². The summed E-state index contributed by atoms with van der Waals surface area (Å²) in [5, 5.41) is 12.0. The van der Waals surface area contributed by atoms with Gasteiger partial charge in [-0.05, 0) is 25.2 Å². The van der Waals surface area contributed by atoms with Crippen molar-refractivity contribution in [2.45, 2.75) is 52.5 Å². The molecular weight excluding hydrogens is 238 g/mol. The van der Waals surface area contributed by atoms with Crippen molar-refractivity contribution in [3.8, 4) is 6.07 Å². The van der Waals surface area contributed by atoms with Crippen LogP contribution in [0.3, 0.4) is 0 Å². The zero-order valence-corrected chi connectivity index (χ0v) is 12.5. The van der Waals surface area contributed by atoms with Gasteiger partial charge in [0, 0.05) is 19.1 Å². The molecule has 0 heterocycles. The highest BCUT2D eigenvalue weighted by molar-refractivity contribution is 5.78. The lowest BCUT2D eigenvalue weighted by atomic mass is 9.78. The molecule has 4 heteroatoms. The van der Waals surface area contributed by atoms with Crippen molar-refractivity contribution in [3.05, 3.63) is 0 Å². The van der Waals surface area contributed by atoms with Crippen LogP contribution in [0.1, 0.15) is 46.5 Å². The van der Waals surface area contributed by atoms with E-state index in [2.05, 4.69) is 25.2 Å². The molecule has 1 rings (SSSR count). The van der Waals surface area contributed by atoms with Crippen LogP contribution < -0.4 is 5.32 Å². The minimum atomic E-state index is 0.114. The van der Waals surface area contributed by atoms with Gasteiger partial charge in [0.1, 0.15) is 0 Å². The Balaban J connectivity index is 2.38. The standard InChI is InChI=1S/C15H27N3O/c1-4-18(10-6-9-16)15(19)11-17-14-8-5-7-12(2)13(14)3/h12-14,17H,4-8,10-11H2,1-3H3/t12-,13+,14+/m0/s1. The molecule has 1 saturated carbocycles. The number of carbonyl (C=O) groups excluding carboxylic acids is 1. The third-order valence-corrected chi connectivity index (χ3v) is 4.45. The summed E-state index contributed by atoms with van der Waals surface area (Å²) in [6.07, 6.45) is 4.14. The summed E-state index contributed by atoms with van der Waals surface area (Å²) in [5.74, 6) is 1.49. The van der Waals surface area contributed by atoms with Crippen molar-refractivity contribution >= 4 is 5.91 Å². The normalized spacial score (nSPS) is 26.7. The van der Waals surface area contributed by atoms with Gasteiger partial charge in [0.2, 0.25) is 5.91 Å². The summed E-state index contributed by atoms with van der Waals surface area (Å²) < 4.78 is 0. The van der Waals surface area contributed by atoms with Gasteiger partial charge in [-0.3, -0.25) is 4.79 Å². The van der Waals surface area contributed by atoms with Crippen LogP contribution in [0.4, 0.5) is 0 Å². The summed E-state index contributed by atoms with van der Waals surface area (Å²) in [5.41, 5.74) is 0. The Morgan fingerprint density at radius 1 is 1.42 bits per heavy atom. The van der Waals surface area contributed by atoms with Crippen LogP contribution in [0.15, 0.2) is 0 Å². The molecule has 0 aromatic carbocycles. The first kappa shape index (κ1) is 16.0. The molecule has 0 aliphatic heterocycles. The van der Waals surface area contributed by atoms with E-state index in [1.54, 1.807) is 4.90 Å². The lowest BCUT2D eigenvalue weighted by Gasteiger charge is -2.35. The van der Waals surface area contributed by atoms with Crippen LogP contribution in [-0.4, -0.2) is 36.5 Å². The fraction of sp³-hybridized carbons (Fsp3) is 0.867.